The van der Waals surface area contributed by atoms with E-state index in [0.717, 1.165) is 63.6 Å². The van der Waals surface area contributed by atoms with Crippen LogP contribution >= 0.6 is 0 Å². The van der Waals surface area contributed by atoms with Crippen LogP contribution in [0.5, 0.6) is 0 Å². The number of piperazine rings is 1. The Morgan fingerprint density at radius 1 is 0.974 bits per heavy atom. The third-order valence-corrected chi connectivity index (χ3v) is 7.94. The summed E-state index contributed by atoms with van der Waals surface area (Å²) >= 11 is 0. The highest BCUT2D eigenvalue weighted by atomic mass is 19.4. The lowest BCUT2D eigenvalue weighted by Crippen LogP contribution is -2.44. The number of benzene rings is 2. The van der Waals surface area contributed by atoms with Crippen molar-refractivity contribution in [1.29, 1.82) is 0 Å². The van der Waals surface area contributed by atoms with Crippen molar-refractivity contribution in [2.45, 2.75) is 43.9 Å². The number of fused-ring (bicyclic) bond motifs is 1. The topological polar surface area (TPSA) is 51.7 Å². The number of aromatic nitrogens is 1. The molecule has 9 heteroatoms. The van der Waals surface area contributed by atoms with Crippen molar-refractivity contribution < 1.29 is 18.0 Å². The van der Waals surface area contributed by atoms with Crippen LogP contribution in [-0.4, -0.2) is 68.1 Å². The van der Waals surface area contributed by atoms with Gasteiger partial charge < -0.3 is 20.0 Å². The molecule has 0 spiro atoms. The molecule has 0 bridgehead atoms. The molecule has 1 N–H and O–H groups in total. The first-order valence-corrected chi connectivity index (χ1v) is 13.2. The van der Waals surface area contributed by atoms with Crippen molar-refractivity contribution in [2.24, 2.45) is 0 Å². The molecule has 3 aromatic rings. The zero-order valence-electron chi connectivity index (χ0n) is 21.8. The second kappa shape index (κ2) is 10.8. The first-order chi connectivity index (χ1) is 18.2. The van der Waals surface area contributed by atoms with Crippen LogP contribution in [0.3, 0.4) is 0 Å². The first-order valence-electron chi connectivity index (χ1n) is 13.2. The fourth-order valence-electron chi connectivity index (χ4n) is 5.56. The molecule has 2 aromatic carbocycles. The minimum absolute atomic E-state index is 0.0457. The first kappa shape index (κ1) is 26.3. The summed E-state index contributed by atoms with van der Waals surface area (Å²) in [5.41, 5.74) is 1.78. The number of likely N-dealkylation sites (N-methyl/N-ethyl adjacent to an activating group) is 1. The van der Waals surface area contributed by atoms with Gasteiger partial charge in [-0.1, -0.05) is 18.2 Å². The molecule has 0 unspecified atom stereocenters. The number of nitrogens with one attached hydrogen (secondary N) is 1. The van der Waals surface area contributed by atoms with Crippen LogP contribution in [0.1, 0.15) is 41.7 Å². The molecule has 1 saturated carbocycles. The van der Waals surface area contributed by atoms with Crippen molar-refractivity contribution in [3.63, 3.8) is 0 Å². The Morgan fingerprint density at radius 3 is 2.29 bits per heavy atom. The van der Waals surface area contributed by atoms with Gasteiger partial charge >= 0.3 is 6.18 Å². The Bertz CT molecular complexity index is 1260. The molecule has 1 aromatic heterocycles. The number of anilines is 2. The normalized spacial score (nSPS) is 20.9. The highest BCUT2D eigenvalue weighted by Crippen LogP contribution is 2.36. The number of carbonyl (C=O) groups excluding carboxylic acids is 1. The van der Waals surface area contributed by atoms with Crippen molar-refractivity contribution in [1.82, 2.24) is 15.2 Å². The van der Waals surface area contributed by atoms with E-state index in [1.54, 1.807) is 12.1 Å². The number of rotatable bonds is 5. The summed E-state index contributed by atoms with van der Waals surface area (Å²) < 4.78 is 40.6. The van der Waals surface area contributed by atoms with Gasteiger partial charge in [0.1, 0.15) is 5.69 Å². The van der Waals surface area contributed by atoms with E-state index in [0.29, 0.717) is 22.2 Å². The molecule has 2 heterocycles. The smallest absolute Gasteiger partial charge is 0.371 e. The zero-order chi connectivity index (χ0) is 26.9. The van der Waals surface area contributed by atoms with Gasteiger partial charge in [0.05, 0.1) is 5.52 Å². The summed E-state index contributed by atoms with van der Waals surface area (Å²) in [6.07, 6.45) is -1.40. The van der Waals surface area contributed by atoms with E-state index in [2.05, 4.69) is 27.1 Å². The van der Waals surface area contributed by atoms with Crippen LogP contribution in [0.15, 0.2) is 54.6 Å². The number of alkyl halides is 3. The predicted octanol–water partition coefficient (Wildman–Crippen LogP) is 5.18. The summed E-state index contributed by atoms with van der Waals surface area (Å²) in [6.45, 7) is 4.01. The van der Waals surface area contributed by atoms with Crippen molar-refractivity contribution in [2.75, 3.05) is 50.1 Å². The Hall–Kier alpha value is -3.33. The molecule has 202 valence electrons. The summed E-state index contributed by atoms with van der Waals surface area (Å²) in [5.74, 6) is -0.0818. The van der Waals surface area contributed by atoms with Crippen LogP contribution < -0.4 is 15.1 Å². The lowest BCUT2D eigenvalue weighted by molar-refractivity contribution is -0.140. The standard InChI is InChI=1S/C29H34F3N5O/c1-35-15-17-37(18-16-35)23-11-7-20(8-12-23)28(38)33-21-9-13-22(14-10-21)36(2)26-19-27(29(30,31)32)34-25-6-4-3-5-24(25)26/h3-8,11-12,19,21-22H,9-10,13-18H2,1-2H3,(H,33,38). The average Bonchev–Trinajstić information content (AvgIpc) is 2.92. The Kier molecular flexibility index (Phi) is 7.47. The van der Waals surface area contributed by atoms with Gasteiger partial charge in [-0.25, -0.2) is 4.98 Å². The molecule has 0 atom stereocenters. The number of hydrogen-bond acceptors (Lipinski definition) is 5. The van der Waals surface area contributed by atoms with E-state index < -0.39 is 11.9 Å². The molecule has 38 heavy (non-hydrogen) atoms. The Balaban J connectivity index is 1.20. The molecule has 1 aliphatic carbocycles. The fourth-order valence-corrected chi connectivity index (χ4v) is 5.56. The van der Waals surface area contributed by atoms with Crippen LogP contribution in [0, 0.1) is 0 Å². The Labute approximate surface area is 221 Å². The van der Waals surface area contributed by atoms with Crippen molar-refractivity contribution >= 4 is 28.2 Å². The third-order valence-electron chi connectivity index (χ3n) is 7.94. The van der Waals surface area contributed by atoms with Gasteiger partial charge in [0.25, 0.3) is 5.91 Å². The molecular formula is C29H34F3N5O. The summed E-state index contributed by atoms with van der Waals surface area (Å²) in [5, 5.41) is 3.87. The van der Waals surface area contributed by atoms with Gasteiger partial charge in [0.2, 0.25) is 0 Å². The molecular weight excluding hydrogens is 491 g/mol. The van der Waals surface area contributed by atoms with Crippen LogP contribution in [0.25, 0.3) is 10.9 Å². The molecule has 5 rings (SSSR count). The van der Waals surface area contributed by atoms with Crippen LogP contribution in [0.2, 0.25) is 0 Å². The van der Waals surface area contributed by atoms with E-state index in [-0.39, 0.29) is 18.0 Å². The lowest BCUT2D eigenvalue weighted by atomic mass is 9.89. The largest absolute Gasteiger partial charge is 0.433 e. The molecule has 1 amide bonds. The minimum Gasteiger partial charge on any atom is -0.371 e. The number of carbonyl (C=O) groups is 1. The molecule has 6 nitrogen and oxygen atoms in total. The maximum absolute atomic E-state index is 13.5. The quantitative estimate of drug-likeness (QED) is 0.498. The average molecular weight is 526 g/mol. The Morgan fingerprint density at radius 2 is 1.63 bits per heavy atom. The van der Waals surface area contributed by atoms with Gasteiger partial charge in [0.15, 0.2) is 0 Å². The van der Waals surface area contributed by atoms with Gasteiger partial charge in [-0.2, -0.15) is 13.2 Å². The number of para-hydroxylation sites is 1. The summed E-state index contributed by atoms with van der Waals surface area (Å²) in [7, 11) is 3.98. The summed E-state index contributed by atoms with van der Waals surface area (Å²) in [4.78, 5) is 23.3. The molecule has 2 aliphatic rings. The molecule has 1 aliphatic heterocycles. The number of nitrogens with zero attached hydrogens (tertiary/aromatic N) is 4. The molecule has 1 saturated heterocycles. The SMILES string of the molecule is CN1CCN(c2ccc(C(=O)NC3CCC(N(C)c4cc(C(F)(F)F)nc5ccccc45)CC3)cc2)CC1. The van der Waals surface area contributed by atoms with Gasteiger partial charge in [-0.15, -0.1) is 0 Å². The van der Waals surface area contributed by atoms with E-state index in [4.69, 9.17) is 0 Å². The maximum Gasteiger partial charge on any atom is 0.433 e. The summed E-state index contributed by atoms with van der Waals surface area (Å²) in [6, 6.07) is 16.0. The fraction of sp³-hybridized carbons (Fsp3) is 0.448. The van der Waals surface area contributed by atoms with Crippen molar-refractivity contribution in [3.05, 3.63) is 65.9 Å². The number of pyridine rings is 1. The highest BCUT2D eigenvalue weighted by Gasteiger charge is 2.34. The van der Waals surface area contributed by atoms with Crippen LogP contribution in [-0.2, 0) is 6.18 Å². The van der Waals surface area contributed by atoms with Crippen molar-refractivity contribution in [3.8, 4) is 0 Å². The second-order valence-electron chi connectivity index (χ2n) is 10.5. The van der Waals surface area contributed by atoms with E-state index >= 15 is 0 Å². The monoisotopic (exact) mass is 525 g/mol. The highest BCUT2D eigenvalue weighted by molar-refractivity contribution is 5.95. The maximum atomic E-state index is 13.5. The van der Waals surface area contributed by atoms with E-state index in [1.807, 2.05) is 48.3 Å². The van der Waals surface area contributed by atoms with Crippen LogP contribution in [0.4, 0.5) is 24.5 Å². The zero-order valence-corrected chi connectivity index (χ0v) is 21.8. The number of halogens is 3. The number of hydrogen-bond donors (Lipinski definition) is 1. The minimum atomic E-state index is -4.51. The molecule has 2 fully saturated rings. The van der Waals surface area contributed by atoms with E-state index in [1.165, 1.54) is 0 Å². The van der Waals surface area contributed by atoms with Gasteiger partial charge in [-0.3, -0.25) is 4.79 Å². The lowest BCUT2D eigenvalue weighted by Gasteiger charge is -2.37. The second-order valence-corrected chi connectivity index (χ2v) is 10.5. The predicted molar refractivity (Wildman–Crippen MR) is 145 cm³/mol. The molecule has 0 radical (unpaired) electrons. The van der Waals surface area contributed by atoms with Gasteiger partial charge in [0, 0.05) is 67.6 Å². The number of amides is 1. The third kappa shape index (κ3) is 5.72. The van der Waals surface area contributed by atoms with Gasteiger partial charge in [-0.05, 0) is 69.1 Å². The van der Waals surface area contributed by atoms with E-state index in [9.17, 15) is 18.0 Å².